The Balaban J connectivity index is 2.09. The maximum Gasteiger partial charge on any atom is 0.226 e. The third-order valence-corrected chi connectivity index (χ3v) is 3.41. The van der Waals surface area contributed by atoms with E-state index < -0.39 is 0 Å². The molecule has 1 heterocycles. The average Bonchev–Trinajstić information content (AvgIpc) is 2.12. The Labute approximate surface area is 73.7 Å². The van der Waals surface area contributed by atoms with Gasteiger partial charge in [-0.1, -0.05) is 19.3 Å². The lowest BCUT2D eigenvalue weighted by molar-refractivity contribution is -0.135. The largest absolute Gasteiger partial charge is 0.356 e. The molecule has 0 aromatic carbocycles. The Bertz CT molecular complexity index is 174. The van der Waals surface area contributed by atoms with Crippen LogP contribution in [0, 0.1) is 5.41 Å². The van der Waals surface area contributed by atoms with Gasteiger partial charge in [-0.3, -0.25) is 4.79 Å². The van der Waals surface area contributed by atoms with Gasteiger partial charge in [0, 0.05) is 12.0 Å². The molecule has 1 amide bonds. The Hall–Kier alpha value is -0.530. The molecular formula is C10H17NO. The van der Waals surface area contributed by atoms with E-state index in [-0.39, 0.29) is 5.41 Å². The van der Waals surface area contributed by atoms with E-state index in [9.17, 15) is 4.79 Å². The third kappa shape index (κ3) is 1.23. The SMILES string of the molecule is O=C1NCCCC12CCCCC2. The van der Waals surface area contributed by atoms with Crippen LogP contribution in [-0.2, 0) is 4.79 Å². The number of carbonyl (C=O) groups is 1. The zero-order valence-corrected chi connectivity index (χ0v) is 7.57. The molecule has 1 saturated carbocycles. The maximum atomic E-state index is 11.7. The molecule has 2 aliphatic rings. The normalized spacial score (nSPS) is 28.5. The highest BCUT2D eigenvalue weighted by Crippen LogP contribution is 2.41. The molecule has 1 N–H and O–H groups in total. The first kappa shape index (κ1) is 8.09. The minimum atomic E-state index is 0.0660. The fraction of sp³-hybridized carbons (Fsp3) is 0.900. The van der Waals surface area contributed by atoms with Crippen LogP contribution in [-0.4, -0.2) is 12.5 Å². The van der Waals surface area contributed by atoms with Gasteiger partial charge in [0.05, 0.1) is 0 Å². The molecule has 1 aliphatic heterocycles. The quantitative estimate of drug-likeness (QED) is 0.586. The van der Waals surface area contributed by atoms with Gasteiger partial charge in [0.1, 0.15) is 0 Å². The highest BCUT2D eigenvalue weighted by atomic mass is 16.2. The first-order valence-corrected chi connectivity index (χ1v) is 5.12. The molecule has 12 heavy (non-hydrogen) atoms. The molecule has 0 bridgehead atoms. The van der Waals surface area contributed by atoms with E-state index in [1.807, 2.05) is 0 Å². The molecule has 1 aliphatic carbocycles. The van der Waals surface area contributed by atoms with Crippen molar-refractivity contribution >= 4 is 5.91 Å². The highest BCUT2D eigenvalue weighted by Gasteiger charge is 2.40. The number of carbonyl (C=O) groups excluding carboxylic acids is 1. The minimum absolute atomic E-state index is 0.0660. The van der Waals surface area contributed by atoms with Crippen LogP contribution in [0.15, 0.2) is 0 Å². The van der Waals surface area contributed by atoms with E-state index in [1.54, 1.807) is 0 Å². The van der Waals surface area contributed by atoms with Gasteiger partial charge in [-0.25, -0.2) is 0 Å². The molecule has 2 fully saturated rings. The minimum Gasteiger partial charge on any atom is -0.356 e. The van der Waals surface area contributed by atoms with Crippen molar-refractivity contribution in [2.45, 2.75) is 44.9 Å². The lowest BCUT2D eigenvalue weighted by Crippen LogP contribution is -2.46. The van der Waals surface area contributed by atoms with E-state index in [0.29, 0.717) is 5.91 Å². The van der Waals surface area contributed by atoms with Crippen molar-refractivity contribution in [2.24, 2.45) is 5.41 Å². The van der Waals surface area contributed by atoms with E-state index in [2.05, 4.69) is 5.32 Å². The van der Waals surface area contributed by atoms with Gasteiger partial charge in [-0.2, -0.15) is 0 Å². The second-order valence-corrected chi connectivity index (χ2v) is 4.20. The van der Waals surface area contributed by atoms with Crippen LogP contribution in [0.2, 0.25) is 0 Å². The van der Waals surface area contributed by atoms with Gasteiger partial charge in [-0.15, -0.1) is 0 Å². The molecule has 2 rings (SSSR count). The van der Waals surface area contributed by atoms with Crippen LogP contribution in [0.5, 0.6) is 0 Å². The van der Waals surface area contributed by atoms with Crippen LogP contribution in [0.4, 0.5) is 0 Å². The summed E-state index contributed by atoms with van der Waals surface area (Å²) in [7, 11) is 0. The van der Waals surface area contributed by atoms with E-state index in [4.69, 9.17) is 0 Å². The maximum absolute atomic E-state index is 11.7. The summed E-state index contributed by atoms with van der Waals surface area (Å²) in [5.41, 5.74) is 0.0660. The number of nitrogens with one attached hydrogen (secondary N) is 1. The summed E-state index contributed by atoms with van der Waals surface area (Å²) < 4.78 is 0. The molecule has 68 valence electrons. The van der Waals surface area contributed by atoms with Crippen molar-refractivity contribution in [3.63, 3.8) is 0 Å². The van der Waals surface area contributed by atoms with E-state index in [1.165, 1.54) is 25.7 Å². The predicted octanol–water partition coefficient (Wildman–Crippen LogP) is 1.85. The molecule has 1 saturated heterocycles. The third-order valence-electron chi connectivity index (χ3n) is 3.41. The lowest BCUT2D eigenvalue weighted by atomic mass is 9.69. The van der Waals surface area contributed by atoms with Gasteiger partial charge in [0.25, 0.3) is 0 Å². The second kappa shape index (κ2) is 3.08. The summed E-state index contributed by atoms with van der Waals surface area (Å²) in [5.74, 6) is 0.341. The van der Waals surface area contributed by atoms with Crippen molar-refractivity contribution in [2.75, 3.05) is 6.54 Å². The molecule has 2 heteroatoms. The zero-order chi connectivity index (χ0) is 8.44. The standard InChI is InChI=1S/C10H17NO/c12-9-10(7-4-8-11-9)5-2-1-3-6-10/h1-8H2,(H,11,12). The van der Waals surface area contributed by atoms with Crippen molar-refractivity contribution in [1.82, 2.24) is 5.32 Å². The Morgan fingerprint density at radius 1 is 1.00 bits per heavy atom. The molecular weight excluding hydrogens is 150 g/mol. The van der Waals surface area contributed by atoms with Gasteiger partial charge in [0.2, 0.25) is 5.91 Å². The van der Waals surface area contributed by atoms with Crippen LogP contribution >= 0.6 is 0 Å². The van der Waals surface area contributed by atoms with Crippen molar-refractivity contribution in [1.29, 1.82) is 0 Å². The Kier molecular flexibility index (Phi) is 2.07. The smallest absolute Gasteiger partial charge is 0.226 e. The summed E-state index contributed by atoms with van der Waals surface area (Å²) in [6.07, 6.45) is 8.44. The van der Waals surface area contributed by atoms with Crippen molar-refractivity contribution in [3.8, 4) is 0 Å². The van der Waals surface area contributed by atoms with Crippen LogP contribution in [0.1, 0.15) is 44.9 Å². The van der Waals surface area contributed by atoms with Gasteiger partial charge >= 0.3 is 0 Å². The van der Waals surface area contributed by atoms with Crippen molar-refractivity contribution < 1.29 is 4.79 Å². The summed E-state index contributed by atoms with van der Waals surface area (Å²) in [6.45, 7) is 0.903. The first-order chi connectivity index (χ1) is 5.83. The molecule has 0 unspecified atom stereocenters. The topological polar surface area (TPSA) is 29.1 Å². The van der Waals surface area contributed by atoms with E-state index >= 15 is 0 Å². The summed E-state index contributed by atoms with van der Waals surface area (Å²) >= 11 is 0. The number of piperidine rings is 1. The first-order valence-electron chi connectivity index (χ1n) is 5.12. The number of amides is 1. The average molecular weight is 167 g/mol. The molecule has 0 radical (unpaired) electrons. The van der Waals surface area contributed by atoms with Crippen LogP contribution in [0.3, 0.4) is 0 Å². The van der Waals surface area contributed by atoms with Gasteiger partial charge in [0.15, 0.2) is 0 Å². The van der Waals surface area contributed by atoms with Crippen LogP contribution < -0.4 is 5.32 Å². The predicted molar refractivity (Wildman–Crippen MR) is 47.8 cm³/mol. The number of rotatable bonds is 0. The van der Waals surface area contributed by atoms with Crippen molar-refractivity contribution in [3.05, 3.63) is 0 Å². The Morgan fingerprint density at radius 3 is 2.33 bits per heavy atom. The number of hydrogen-bond acceptors (Lipinski definition) is 1. The summed E-state index contributed by atoms with van der Waals surface area (Å²) in [6, 6.07) is 0. The number of hydrogen-bond donors (Lipinski definition) is 1. The highest BCUT2D eigenvalue weighted by molar-refractivity contribution is 5.83. The van der Waals surface area contributed by atoms with Gasteiger partial charge < -0.3 is 5.32 Å². The molecule has 0 atom stereocenters. The zero-order valence-electron chi connectivity index (χ0n) is 7.57. The molecule has 2 nitrogen and oxygen atoms in total. The van der Waals surface area contributed by atoms with Gasteiger partial charge in [-0.05, 0) is 25.7 Å². The monoisotopic (exact) mass is 167 g/mol. The summed E-state index contributed by atoms with van der Waals surface area (Å²) in [5, 5.41) is 3.00. The van der Waals surface area contributed by atoms with Crippen LogP contribution in [0.25, 0.3) is 0 Å². The molecule has 0 aromatic heterocycles. The second-order valence-electron chi connectivity index (χ2n) is 4.20. The summed E-state index contributed by atoms with van der Waals surface area (Å²) in [4.78, 5) is 11.7. The lowest BCUT2D eigenvalue weighted by Gasteiger charge is -2.38. The molecule has 0 aromatic rings. The fourth-order valence-electron chi connectivity index (χ4n) is 2.64. The fourth-order valence-corrected chi connectivity index (χ4v) is 2.64. The molecule has 1 spiro atoms. The van der Waals surface area contributed by atoms with E-state index in [0.717, 1.165) is 25.8 Å². The Morgan fingerprint density at radius 2 is 1.67 bits per heavy atom.